The third-order valence-electron chi connectivity index (χ3n) is 9.88. The smallest absolute Gasteiger partial charge is 0.410 e. The quantitative estimate of drug-likeness (QED) is 0.356. The monoisotopic (exact) mass is 526 g/mol. The second-order valence-electron chi connectivity index (χ2n) is 12.5. The summed E-state index contributed by atoms with van der Waals surface area (Å²) in [5, 5.41) is 0. The normalized spacial score (nSPS) is 39.2. The summed E-state index contributed by atoms with van der Waals surface area (Å²) in [6, 6.07) is 0. The van der Waals surface area contributed by atoms with Gasteiger partial charge < -0.3 is 23.8 Å². The Labute approximate surface area is 219 Å². The van der Waals surface area contributed by atoms with Gasteiger partial charge in [0.2, 0.25) is 0 Å². The van der Waals surface area contributed by atoms with Crippen LogP contribution >= 0.6 is 0 Å². The summed E-state index contributed by atoms with van der Waals surface area (Å²) in [6.07, 6.45) is 5.23. The number of ether oxygens (including phenoxy) is 4. The van der Waals surface area contributed by atoms with E-state index in [0.717, 1.165) is 38.5 Å². The first kappa shape index (κ1) is 27.3. The number of piperidine rings is 2. The number of likely N-dealkylation sites (tertiary alicyclic amines) is 2. The Kier molecular flexibility index (Phi) is 7.64. The molecule has 4 aliphatic heterocycles. The number of halogens is 2. The van der Waals surface area contributed by atoms with Gasteiger partial charge in [0.25, 0.3) is 6.43 Å². The highest BCUT2D eigenvalue weighted by Crippen LogP contribution is 2.59. The zero-order valence-corrected chi connectivity index (χ0v) is 22.8. The first-order chi connectivity index (χ1) is 17.6. The maximum Gasteiger partial charge on any atom is 0.410 e. The van der Waals surface area contributed by atoms with Crippen molar-refractivity contribution in [1.82, 2.24) is 9.80 Å². The van der Waals surface area contributed by atoms with E-state index in [9.17, 15) is 13.6 Å². The largest absolute Gasteiger partial charge is 0.443 e. The average molecular weight is 527 g/mol. The van der Waals surface area contributed by atoms with E-state index in [2.05, 4.69) is 26.8 Å². The van der Waals surface area contributed by atoms with Crippen LogP contribution in [-0.4, -0.2) is 98.3 Å². The van der Waals surface area contributed by atoms with Crippen LogP contribution in [0.4, 0.5) is 13.6 Å². The minimum absolute atomic E-state index is 0.00941. The second-order valence-corrected chi connectivity index (χ2v) is 12.5. The molecule has 9 heteroatoms. The highest BCUT2D eigenvalue weighted by atomic mass is 19.3. The SMILES string of the molecule is CO[C@H]1C([C@@]2(C)O[C@@H]2CC=C(C)C)[C@]2(CC[C@H]1OC(=O)N1CCC3(CCN(CC(F)F)CC3)CC1)CO2. The number of carbonyl (C=O) groups is 1. The highest BCUT2D eigenvalue weighted by Gasteiger charge is 2.72. The lowest BCUT2D eigenvalue weighted by atomic mass is 9.68. The van der Waals surface area contributed by atoms with Crippen LogP contribution < -0.4 is 0 Å². The molecule has 4 heterocycles. The Bertz CT molecular complexity index is 859. The zero-order valence-electron chi connectivity index (χ0n) is 22.8. The second kappa shape index (κ2) is 10.4. The molecule has 7 nitrogen and oxygen atoms in total. The van der Waals surface area contributed by atoms with Crippen LogP contribution in [0, 0.1) is 11.3 Å². The Morgan fingerprint density at radius 2 is 1.76 bits per heavy atom. The number of allylic oxidation sites excluding steroid dienone is 1. The summed E-state index contributed by atoms with van der Waals surface area (Å²) in [6.45, 7) is 9.65. The van der Waals surface area contributed by atoms with Crippen molar-refractivity contribution in [1.29, 1.82) is 0 Å². The Morgan fingerprint density at radius 1 is 1.11 bits per heavy atom. The van der Waals surface area contributed by atoms with Gasteiger partial charge in [0.15, 0.2) is 0 Å². The lowest BCUT2D eigenvalue weighted by Crippen LogP contribution is -2.56. The maximum atomic E-state index is 13.2. The van der Waals surface area contributed by atoms with Crippen molar-refractivity contribution >= 4 is 6.09 Å². The molecule has 1 amide bonds. The molecule has 2 spiro atoms. The Balaban J connectivity index is 1.17. The van der Waals surface area contributed by atoms with E-state index in [1.54, 1.807) is 7.11 Å². The molecule has 210 valence electrons. The summed E-state index contributed by atoms with van der Waals surface area (Å²) in [4.78, 5) is 16.9. The third kappa shape index (κ3) is 5.56. The summed E-state index contributed by atoms with van der Waals surface area (Å²) >= 11 is 0. The molecule has 6 atom stereocenters. The molecule has 0 aromatic heterocycles. The van der Waals surface area contributed by atoms with E-state index in [4.69, 9.17) is 18.9 Å². The molecule has 0 aromatic rings. The lowest BCUT2D eigenvalue weighted by Gasteiger charge is -2.47. The van der Waals surface area contributed by atoms with Crippen LogP contribution in [0.15, 0.2) is 11.6 Å². The minimum Gasteiger partial charge on any atom is -0.443 e. The summed E-state index contributed by atoms with van der Waals surface area (Å²) < 4.78 is 49.9. The molecule has 1 unspecified atom stereocenters. The van der Waals surface area contributed by atoms with E-state index < -0.39 is 6.43 Å². The standard InChI is InChI=1S/C28H44F2N2O5/c1-19(2)5-6-21-26(3,37-21)24-23(34-4)20(7-8-28(24)18-35-28)36-25(33)32-15-11-27(12-16-32)9-13-31(14-10-27)17-22(29)30/h5,20-24H,6-18H2,1-4H3/t20-,21-,23-,24?,26+,28+/m1/s1. The van der Waals surface area contributed by atoms with Gasteiger partial charge in [-0.2, -0.15) is 0 Å². The number of hydrogen-bond donors (Lipinski definition) is 0. The zero-order chi connectivity index (χ0) is 26.4. The molecule has 0 bridgehead atoms. The number of amides is 1. The first-order valence-electron chi connectivity index (χ1n) is 14.0. The number of epoxide rings is 2. The van der Waals surface area contributed by atoms with Crippen molar-refractivity contribution in [2.45, 2.75) is 102 Å². The molecule has 0 aromatic carbocycles. The van der Waals surface area contributed by atoms with Gasteiger partial charge in [-0.05, 0) is 84.2 Å². The number of alkyl halides is 2. The molecule has 0 radical (unpaired) electrons. The number of methoxy groups -OCH3 is 1. The van der Waals surface area contributed by atoms with E-state index in [-0.39, 0.29) is 53.5 Å². The Morgan fingerprint density at radius 3 is 2.32 bits per heavy atom. The first-order valence-corrected chi connectivity index (χ1v) is 14.0. The molecule has 0 N–H and O–H groups in total. The van der Waals surface area contributed by atoms with E-state index in [1.807, 2.05) is 9.80 Å². The van der Waals surface area contributed by atoms with Crippen molar-refractivity contribution in [3.05, 3.63) is 11.6 Å². The Hall–Kier alpha value is -1.29. The van der Waals surface area contributed by atoms with Gasteiger partial charge in [-0.3, -0.25) is 4.90 Å². The van der Waals surface area contributed by atoms with Gasteiger partial charge in [-0.25, -0.2) is 13.6 Å². The molecule has 37 heavy (non-hydrogen) atoms. The maximum absolute atomic E-state index is 13.2. The molecular weight excluding hydrogens is 482 g/mol. The van der Waals surface area contributed by atoms with Crippen LogP contribution in [0.2, 0.25) is 0 Å². The van der Waals surface area contributed by atoms with Gasteiger partial charge in [0, 0.05) is 20.2 Å². The molecule has 5 fully saturated rings. The fourth-order valence-electron chi connectivity index (χ4n) is 7.34. The number of rotatable bonds is 7. The predicted octanol–water partition coefficient (Wildman–Crippen LogP) is 4.64. The lowest BCUT2D eigenvalue weighted by molar-refractivity contribution is -0.123. The third-order valence-corrected chi connectivity index (χ3v) is 9.88. The van der Waals surface area contributed by atoms with E-state index in [0.29, 0.717) is 39.2 Å². The van der Waals surface area contributed by atoms with Crippen molar-refractivity contribution < 1.29 is 32.5 Å². The fourth-order valence-corrected chi connectivity index (χ4v) is 7.34. The van der Waals surface area contributed by atoms with Crippen molar-refractivity contribution in [3.63, 3.8) is 0 Å². The molecule has 4 saturated heterocycles. The number of nitrogens with zero attached hydrogens (tertiary/aromatic N) is 2. The predicted molar refractivity (Wildman–Crippen MR) is 135 cm³/mol. The van der Waals surface area contributed by atoms with E-state index in [1.165, 1.54) is 5.57 Å². The van der Waals surface area contributed by atoms with Crippen molar-refractivity contribution in [3.8, 4) is 0 Å². The number of hydrogen-bond acceptors (Lipinski definition) is 6. The molecule has 5 aliphatic rings. The van der Waals surface area contributed by atoms with Crippen LogP contribution in [0.5, 0.6) is 0 Å². The number of carbonyl (C=O) groups excluding carboxylic acids is 1. The molecule has 5 rings (SSSR count). The summed E-state index contributed by atoms with van der Waals surface area (Å²) in [5.41, 5.74) is 0.838. The highest BCUT2D eigenvalue weighted by molar-refractivity contribution is 5.68. The summed E-state index contributed by atoms with van der Waals surface area (Å²) in [7, 11) is 1.70. The van der Waals surface area contributed by atoms with Crippen LogP contribution in [0.3, 0.4) is 0 Å². The van der Waals surface area contributed by atoms with E-state index >= 15 is 0 Å². The van der Waals surface area contributed by atoms with Crippen LogP contribution in [0.1, 0.15) is 65.7 Å². The van der Waals surface area contributed by atoms with Gasteiger partial charge in [0.1, 0.15) is 23.4 Å². The molecular formula is C28H44F2N2O5. The molecule has 1 saturated carbocycles. The van der Waals surface area contributed by atoms with Gasteiger partial charge in [-0.1, -0.05) is 11.6 Å². The molecule has 1 aliphatic carbocycles. The topological polar surface area (TPSA) is 67.1 Å². The van der Waals surface area contributed by atoms with Gasteiger partial charge in [0.05, 0.1) is 25.2 Å². The van der Waals surface area contributed by atoms with Crippen molar-refractivity contribution in [2.75, 3.05) is 46.4 Å². The van der Waals surface area contributed by atoms with Crippen LogP contribution in [-0.2, 0) is 18.9 Å². The van der Waals surface area contributed by atoms with Gasteiger partial charge >= 0.3 is 6.09 Å². The van der Waals surface area contributed by atoms with Crippen molar-refractivity contribution in [2.24, 2.45) is 11.3 Å². The summed E-state index contributed by atoms with van der Waals surface area (Å²) in [5.74, 6) is 0.00941. The fraction of sp³-hybridized carbons (Fsp3) is 0.893. The van der Waals surface area contributed by atoms with Gasteiger partial charge in [-0.15, -0.1) is 0 Å². The average Bonchev–Trinajstić information content (AvgIpc) is 3.77. The van der Waals surface area contributed by atoms with Crippen LogP contribution in [0.25, 0.3) is 0 Å². The minimum atomic E-state index is -2.28.